The summed E-state index contributed by atoms with van der Waals surface area (Å²) in [6, 6.07) is 0. The Balaban J connectivity index is 0. The van der Waals surface area contributed by atoms with Crippen LogP contribution in [0, 0.1) is 0 Å². The van der Waals surface area contributed by atoms with Crippen LogP contribution >= 0.6 is 56.5 Å². The Kier molecular flexibility index (Phi) is 5.62. The molecule has 0 rings (SSSR count). The summed E-state index contributed by atoms with van der Waals surface area (Å²) in [6.07, 6.45) is 0. The minimum Gasteiger partial charge on any atom is 0 e. The number of rotatable bonds is 0. The molecular formula is Cl6KPt. The molecule has 0 aliphatic heterocycles. The van der Waals surface area contributed by atoms with E-state index in [2.05, 4.69) is 0 Å². The molecule has 0 aromatic carbocycles. The topological polar surface area (TPSA) is 0 Å². The van der Waals surface area contributed by atoms with Crippen LogP contribution < -0.4 is 0 Å². The van der Waals surface area contributed by atoms with Crippen LogP contribution in [0.4, 0.5) is 0 Å². The van der Waals surface area contributed by atoms with Gasteiger partial charge in [-0.2, -0.15) is 0 Å². The average Bonchev–Trinajstić information content (AvgIpc) is 0.592. The van der Waals surface area contributed by atoms with Crippen molar-refractivity contribution in [1.82, 2.24) is 0 Å². The van der Waals surface area contributed by atoms with Crippen molar-refractivity contribution in [2.45, 2.75) is 0 Å². The summed E-state index contributed by atoms with van der Waals surface area (Å²) >= 11 is 0. The first-order valence-electron chi connectivity index (χ1n) is 0.717. The van der Waals surface area contributed by atoms with E-state index in [4.69, 9.17) is 56.5 Å². The van der Waals surface area contributed by atoms with E-state index in [1.54, 1.807) is 0 Å². The van der Waals surface area contributed by atoms with E-state index in [1.807, 2.05) is 0 Å². The van der Waals surface area contributed by atoms with E-state index in [9.17, 15) is 0 Å². The van der Waals surface area contributed by atoms with Crippen molar-refractivity contribution in [3.05, 3.63) is 0 Å². The second kappa shape index (κ2) is 3.08. The third-order valence-electron chi connectivity index (χ3n) is 0. The van der Waals surface area contributed by atoms with Gasteiger partial charge in [0.05, 0.1) is 0 Å². The largest absolute Gasteiger partial charge is 0 e. The van der Waals surface area contributed by atoms with E-state index in [1.165, 1.54) is 0 Å². The molecular weight excluding hydrogens is 447 g/mol. The zero-order chi connectivity index (χ0) is 6.41. The average molecular weight is 447 g/mol. The van der Waals surface area contributed by atoms with Crippen molar-refractivity contribution in [3.8, 4) is 0 Å². The molecule has 0 saturated heterocycles. The molecule has 0 amide bonds. The number of hydrogen-bond acceptors (Lipinski definition) is 0. The molecule has 0 aliphatic rings. The summed E-state index contributed by atoms with van der Waals surface area (Å²) in [6.45, 7) is 0. The Morgan fingerprint density at radius 2 is 0.625 bits per heavy atom. The van der Waals surface area contributed by atoms with E-state index in [-0.39, 0.29) is 51.4 Å². The van der Waals surface area contributed by atoms with Gasteiger partial charge in [0.2, 0.25) is 0 Å². The molecule has 8 heavy (non-hydrogen) atoms. The van der Waals surface area contributed by atoms with Gasteiger partial charge in [-0.15, -0.1) is 0 Å². The monoisotopic (exact) mass is 444 g/mol. The smallest absolute Gasteiger partial charge is 0 e. The summed E-state index contributed by atoms with van der Waals surface area (Å²) in [5.41, 5.74) is 0. The van der Waals surface area contributed by atoms with Crippen molar-refractivity contribution in [2.24, 2.45) is 0 Å². The zero-order valence-electron chi connectivity index (χ0n) is 3.58. The molecule has 0 aliphatic carbocycles. The molecule has 0 aromatic rings. The first-order chi connectivity index (χ1) is 2.45. The van der Waals surface area contributed by atoms with Gasteiger partial charge in [-0.25, -0.2) is 0 Å². The Hall–Kier alpha value is 4.06. The number of halogens is 6. The van der Waals surface area contributed by atoms with Gasteiger partial charge < -0.3 is 0 Å². The van der Waals surface area contributed by atoms with Gasteiger partial charge in [0.25, 0.3) is 0 Å². The van der Waals surface area contributed by atoms with Crippen molar-refractivity contribution in [1.29, 1.82) is 0 Å². The van der Waals surface area contributed by atoms with Gasteiger partial charge in [-0.3, -0.25) is 0 Å². The van der Waals surface area contributed by atoms with E-state index in [0.717, 1.165) is 0 Å². The van der Waals surface area contributed by atoms with E-state index < -0.39 is 7.31 Å². The summed E-state index contributed by atoms with van der Waals surface area (Å²) in [7, 11) is 25.0. The van der Waals surface area contributed by atoms with Crippen LogP contribution in [0.15, 0.2) is 0 Å². The standard InChI is InChI=1S/6ClH.K.Pt/h6*1H;;/q;;;;;;;+6/p-6. The minimum atomic E-state index is -5.29. The molecule has 8 heteroatoms. The van der Waals surface area contributed by atoms with Crippen molar-refractivity contribution in [3.63, 3.8) is 0 Å². The van der Waals surface area contributed by atoms with E-state index in [0.29, 0.717) is 0 Å². The Labute approximate surface area is 112 Å². The third kappa shape index (κ3) is 50.1. The van der Waals surface area contributed by atoms with E-state index >= 15 is 0 Å². The van der Waals surface area contributed by atoms with Gasteiger partial charge in [-0.05, 0) is 0 Å². The van der Waals surface area contributed by atoms with Crippen LogP contribution in [0.3, 0.4) is 0 Å². The third-order valence-corrected chi connectivity index (χ3v) is 0. The first kappa shape index (κ1) is 14.6. The summed E-state index contributed by atoms with van der Waals surface area (Å²) < 4.78 is 0. The van der Waals surface area contributed by atoms with Crippen molar-refractivity contribution >= 4 is 108 Å². The maximum Gasteiger partial charge on any atom is 0 e. The second-order valence-corrected chi connectivity index (χ2v) is 49.9. The summed E-state index contributed by atoms with van der Waals surface area (Å²) in [5.74, 6) is 0. The quantitative estimate of drug-likeness (QED) is 0.497. The molecule has 0 aromatic heterocycles. The van der Waals surface area contributed by atoms with Gasteiger partial charge >= 0.3 is 63.8 Å². The van der Waals surface area contributed by atoms with Gasteiger partial charge in [0.1, 0.15) is 0 Å². The van der Waals surface area contributed by atoms with Crippen LogP contribution in [0.25, 0.3) is 0 Å². The minimum absolute atomic E-state index is 0. The molecule has 1 radical (unpaired) electrons. The summed E-state index contributed by atoms with van der Waals surface area (Å²) in [5, 5.41) is 0. The van der Waals surface area contributed by atoms with Crippen LogP contribution in [-0.4, -0.2) is 51.4 Å². The van der Waals surface area contributed by atoms with Gasteiger partial charge in [0, 0.05) is 51.4 Å². The van der Waals surface area contributed by atoms with Crippen LogP contribution in [0.1, 0.15) is 0 Å². The first-order valence-corrected chi connectivity index (χ1v) is 17.6. The fraction of sp³-hybridized carbons (Fsp3) is 0. The van der Waals surface area contributed by atoms with Crippen molar-refractivity contribution in [2.75, 3.05) is 0 Å². The number of hydrogen-bond donors (Lipinski definition) is 0. The Morgan fingerprint density at radius 3 is 0.625 bits per heavy atom. The van der Waals surface area contributed by atoms with Crippen LogP contribution in [0.5, 0.6) is 0 Å². The Morgan fingerprint density at radius 1 is 0.625 bits per heavy atom. The molecule has 0 nitrogen and oxygen atoms in total. The molecule has 0 saturated carbocycles. The maximum atomic E-state index is 5.05. The molecule has 0 fully saturated rings. The molecule has 0 atom stereocenters. The fourth-order valence-corrected chi connectivity index (χ4v) is 0. The molecule has 0 spiro atoms. The maximum absolute atomic E-state index is 5.29. The molecule has 0 bridgehead atoms. The molecule has 0 unspecified atom stereocenters. The predicted octanol–water partition coefficient (Wildman–Crippen LogP) is 3.75. The molecule has 0 N–H and O–H groups in total. The Bertz CT molecular complexity index is 67.1. The molecule has 53 valence electrons. The van der Waals surface area contributed by atoms with Crippen LogP contribution in [-0.2, 0) is 7.31 Å². The van der Waals surface area contributed by atoms with Crippen molar-refractivity contribution < 1.29 is 7.31 Å². The predicted molar refractivity (Wildman–Crippen MR) is 40.9 cm³/mol. The normalized spacial score (nSPS) is 20.2. The molecule has 0 heterocycles. The second-order valence-electron chi connectivity index (χ2n) is 0.678. The van der Waals surface area contributed by atoms with Crippen LogP contribution in [0.2, 0.25) is 0 Å². The van der Waals surface area contributed by atoms with Gasteiger partial charge in [0.15, 0.2) is 0 Å². The van der Waals surface area contributed by atoms with Gasteiger partial charge in [-0.1, -0.05) is 0 Å². The SMILES string of the molecule is [Cl][Pt]([Cl])([Cl])([Cl])([Cl])[Cl].[K]. The summed E-state index contributed by atoms with van der Waals surface area (Å²) in [4.78, 5) is 0. The zero-order valence-corrected chi connectivity index (χ0v) is 13.5. The fourth-order valence-electron chi connectivity index (χ4n) is 0.